The third-order valence-corrected chi connectivity index (χ3v) is 3.95. The van der Waals surface area contributed by atoms with Crippen LogP contribution >= 0.6 is 15.9 Å². The maximum Gasteiger partial charge on any atom is 0.0178 e. The number of rotatable bonds is 3. The van der Waals surface area contributed by atoms with Gasteiger partial charge in [-0.15, -0.1) is 0 Å². The quantitative estimate of drug-likeness (QED) is 0.746. The summed E-state index contributed by atoms with van der Waals surface area (Å²) in [6.45, 7) is 0. The van der Waals surface area contributed by atoms with Crippen LogP contribution in [-0.4, -0.2) is 0 Å². The van der Waals surface area contributed by atoms with E-state index in [4.69, 9.17) is 0 Å². The lowest BCUT2D eigenvalue weighted by molar-refractivity contribution is 0.917. The van der Waals surface area contributed by atoms with E-state index in [1.54, 1.807) is 5.57 Å². The molecule has 0 unspecified atom stereocenters. The van der Waals surface area contributed by atoms with Crippen LogP contribution in [0.4, 0.5) is 0 Å². The van der Waals surface area contributed by atoms with Gasteiger partial charge in [0.2, 0.25) is 0 Å². The van der Waals surface area contributed by atoms with E-state index in [0.29, 0.717) is 0 Å². The lowest BCUT2D eigenvalue weighted by atomic mass is 10.0. The van der Waals surface area contributed by atoms with Crippen molar-refractivity contribution in [3.8, 4) is 0 Å². The molecule has 18 heavy (non-hydrogen) atoms. The molecule has 0 bridgehead atoms. The zero-order chi connectivity index (χ0) is 12.4. The van der Waals surface area contributed by atoms with Gasteiger partial charge < -0.3 is 0 Å². The third-order valence-electron chi connectivity index (χ3n) is 3.46. The second kappa shape index (κ2) is 5.11. The van der Waals surface area contributed by atoms with Gasteiger partial charge in [-0.05, 0) is 48.1 Å². The van der Waals surface area contributed by atoms with Gasteiger partial charge in [-0.2, -0.15) is 0 Å². The standard InChI is InChI=1S/C17H15Br/c18-17-9-8-15-10-14(11-16(15)12-17)7-6-13-4-2-1-3-5-13/h1-5,8-10,12H,6-7,11H2. The topological polar surface area (TPSA) is 0 Å². The Bertz CT molecular complexity index is 582. The number of aryl methyl sites for hydroxylation is 1. The van der Waals surface area contributed by atoms with Gasteiger partial charge in [-0.25, -0.2) is 0 Å². The van der Waals surface area contributed by atoms with Gasteiger partial charge in [-0.1, -0.05) is 64.0 Å². The van der Waals surface area contributed by atoms with E-state index < -0.39 is 0 Å². The Balaban J connectivity index is 1.67. The molecule has 2 aromatic rings. The Morgan fingerprint density at radius 2 is 1.78 bits per heavy atom. The molecule has 3 rings (SSSR count). The van der Waals surface area contributed by atoms with Gasteiger partial charge in [0.15, 0.2) is 0 Å². The highest BCUT2D eigenvalue weighted by atomic mass is 79.9. The van der Waals surface area contributed by atoms with Crippen molar-refractivity contribution in [3.05, 3.63) is 75.3 Å². The molecule has 1 aliphatic rings. The molecule has 0 saturated carbocycles. The molecule has 0 nitrogen and oxygen atoms in total. The van der Waals surface area contributed by atoms with Crippen LogP contribution in [0, 0.1) is 0 Å². The lowest BCUT2D eigenvalue weighted by Gasteiger charge is -2.02. The first kappa shape index (κ1) is 11.7. The van der Waals surface area contributed by atoms with Crippen molar-refractivity contribution < 1.29 is 0 Å². The number of allylic oxidation sites excluding steroid dienone is 1. The second-order valence-electron chi connectivity index (χ2n) is 4.81. The van der Waals surface area contributed by atoms with Crippen LogP contribution in [0.5, 0.6) is 0 Å². The van der Waals surface area contributed by atoms with Gasteiger partial charge in [-0.3, -0.25) is 0 Å². The highest BCUT2D eigenvalue weighted by Gasteiger charge is 2.12. The summed E-state index contributed by atoms with van der Waals surface area (Å²) < 4.78 is 1.18. The van der Waals surface area contributed by atoms with E-state index in [0.717, 1.165) is 19.3 Å². The molecule has 0 aromatic heterocycles. The molecule has 0 radical (unpaired) electrons. The Morgan fingerprint density at radius 3 is 2.61 bits per heavy atom. The molecule has 0 aliphatic heterocycles. The molecule has 0 heterocycles. The maximum atomic E-state index is 3.54. The van der Waals surface area contributed by atoms with Gasteiger partial charge >= 0.3 is 0 Å². The molecular weight excluding hydrogens is 284 g/mol. The normalized spacial score (nSPS) is 13.3. The summed E-state index contributed by atoms with van der Waals surface area (Å²) in [5.41, 5.74) is 5.82. The van der Waals surface area contributed by atoms with Crippen molar-refractivity contribution in [2.24, 2.45) is 0 Å². The molecule has 1 heteroatoms. The Morgan fingerprint density at radius 1 is 0.944 bits per heavy atom. The van der Waals surface area contributed by atoms with Gasteiger partial charge in [0.05, 0.1) is 0 Å². The van der Waals surface area contributed by atoms with E-state index in [9.17, 15) is 0 Å². The molecule has 1 aliphatic carbocycles. The molecular formula is C17H15Br. The van der Waals surface area contributed by atoms with Gasteiger partial charge in [0.1, 0.15) is 0 Å². The van der Waals surface area contributed by atoms with E-state index in [-0.39, 0.29) is 0 Å². The average molecular weight is 299 g/mol. The second-order valence-corrected chi connectivity index (χ2v) is 5.72. The van der Waals surface area contributed by atoms with Crippen LogP contribution in [0.2, 0.25) is 0 Å². The number of hydrogen-bond acceptors (Lipinski definition) is 0. The summed E-state index contributed by atoms with van der Waals surface area (Å²) in [7, 11) is 0. The molecule has 0 fully saturated rings. The van der Waals surface area contributed by atoms with Crippen molar-refractivity contribution in [1.82, 2.24) is 0 Å². The Labute approximate surface area is 116 Å². The van der Waals surface area contributed by atoms with E-state index >= 15 is 0 Å². The highest BCUT2D eigenvalue weighted by Crippen LogP contribution is 2.29. The molecule has 2 aromatic carbocycles. The van der Waals surface area contributed by atoms with Crippen molar-refractivity contribution in [2.45, 2.75) is 19.3 Å². The minimum Gasteiger partial charge on any atom is -0.0649 e. The summed E-state index contributed by atoms with van der Waals surface area (Å²) in [6.07, 6.45) is 5.77. The molecule has 0 saturated heterocycles. The largest absolute Gasteiger partial charge is 0.0649 e. The summed E-state index contributed by atoms with van der Waals surface area (Å²) in [6, 6.07) is 17.3. The van der Waals surface area contributed by atoms with Gasteiger partial charge in [0, 0.05) is 4.47 Å². The third kappa shape index (κ3) is 2.56. The zero-order valence-corrected chi connectivity index (χ0v) is 11.8. The fraction of sp³-hybridized carbons (Fsp3) is 0.176. The van der Waals surface area contributed by atoms with E-state index in [1.165, 1.54) is 21.2 Å². The SMILES string of the molecule is Brc1ccc2c(c1)CC(CCc1ccccc1)=C2. The fourth-order valence-corrected chi connectivity index (χ4v) is 2.90. The van der Waals surface area contributed by atoms with Crippen LogP contribution in [0.25, 0.3) is 6.08 Å². The van der Waals surface area contributed by atoms with E-state index in [1.807, 2.05) is 0 Å². The average Bonchev–Trinajstić information content (AvgIpc) is 2.79. The first-order chi connectivity index (χ1) is 8.81. The molecule has 90 valence electrons. The molecule has 0 N–H and O–H groups in total. The van der Waals surface area contributed by atoms with Crippen LogP contribution < -0.4 is 0 Å². The highest BCUT2D eigenvalue weighted by molar-refractivity contribution is 9.10. The monoisotopic (exact) mass is 298 g/mol. The van der Waals surface area contributed by atoms with Crippen molar-refractivity contribution in [1.29, 1.82) is 0 Å². The van der Waals surface area contributed by atoms with Crippen molar-refractivity contribution in [2.75, 3.05) is 0 Å². The summed E-state index contributed by atoms with van der Waals surface area (Å²) in [5.74, 6) is 0. The molecule has 0 spiro atoms. The first-order valence-corrected chi connectivity index (χ1v) is 7.12. The number of benzene rings is 2. The van der Waals surface area contributed by atoms with Crippen LogP contribution in [0.3, 0.4) is 0 Å². The van der Waals surface area contributed by atoms with Crippen molar-refractivity contribution >= 4 is 22.0 Å². The number of hydrogen-bond donors (Lipinski definition) is 0. The van der Waals surface area contributed by atoms with Crippen LogP contribution in [0.1, 0.15) is 23.1 Å². The summed E-state index contributed by atoms with van der Waals surface area (Å²) in [4.78, 5) is 0. The van der Waals surface area contributed by atoms with Crippen LogP contribution in [0.15, 0.2) is 58.6 Å². The predicted molar refractivity (Wildman–Crippen MR) is 80.6 cm³/mol. The molecule has 0 atom stereocenters. The Kier molecular flexibility index (Phi) is 3.33. The predicted octanol–water partition coefficient (Wildman–Crippen LogP) is 5.02. The van der Waals surface area contributed by atoms with Crippen LogP contribution in [-0.2, 0) is 12.8 Å². The Hall–Kier alpha value is -1.34. The number of fused-ring (bicyclic) bond motifs is 1. The summed E-state index contributed by atoms with van der Waals surface area (Å²) >= 11 is 3.54. The lowest BCUT2D eigenvalue weighted by Crippen LogP contribution is -1.89. The zero-order valence-electron chi connectivity index (χ0n) is 10.2. The first-order valence-electron chi connectivity index (χ1n) is 6.33. The smallest absolute Gasteiger partial charge is 0.0178 e. The minimum atomic E-state index is 1.11. The minimum absolute atomic E-state index is 1.11. The number of halogens is 1. The van der Waals surface area contributed by atoms with Crippen molar-refractivity contribution in [3.63, 3.8) is 0 Å². The fourth-order valence-electron chi connectivity index (χ4n) is 2.49. The van der Waals surface area contributed by atoms with Gasteiger partial charge in [0.25, 0.3) is 0 Å². The summed E-state index contributed by atoms with van der Waals surface area (Å²) in [5, 5.41) is 0. The van der Waals surface area contributed by atoms with E-state index in [2.05, 4.69) is 70.5 Å². The maximum absolute atomic E-state index is 3.54. The molecule has 0 amide bonds.